The number of nitrogens with two attached hydrogens (primary N) is 1. The van der Waals surface area contributed by atoms with E-state index in [1.807, 2.05) is 0 Å². The van der Waals surface area contributed by atoms with Crippen molar-refractivity contribution < 1.29 is 18.7 Å². The van der Waals surface area contributed by atoms with Crippen LogP contribution in [0.1, 0.15) is 18.4 Å². The molecule has 0 amide bonds. The van der Waals surface area contributed by atoms with Crippen molar-refractivity contribution in [1.29, 1.82) is 0 Å². The summed E-state index contributed by atoms with van der Waals surface area (Å²) in [7, 11) is 0. The van der Waals surface area contributed by atoms with Gasteiger partial charge in [-0.2, -0.15) is 0 Å². The molecule has 0 heterocycles. The standard InChI is InChI=1S/C11H11F2NO2.ClH/c12-8-3-1-2-7(9(8)13)11(10(15)16)4-6(14)5-11;/h1-3,6H,4-5,14H2,(H,15,16);1H. The van der Waals surface area contributed by atoms with Gasteiger partial charge in [0.15, 0.2) is 11.6 Å². The molecule has 0 bridgehead atoms. The molecule has 1 aliphatic rings. The fraction of sp³-hybridized carbons (Fsp3) is 0.364. The largest absolute Gasteiger partial charge is 0.481 e. The second-order valence-corrected chi connectivity index (χ2v) is 4.16. The van der Waals surface area contributed by atoms with Gasteiger partial charge in [0.1, 0.15) is 0 Å². The average Bonchev–Trinajstić information content (AvgIpc) is 2.17. The summed E-state index contributed by atoms with van der Waals surface area (Å²) in [5, 5.41) is 9.13. The van der Waals surface area contributed by atoms with Crippen LogP contribution in [0.2, 0.25) is 0 Å². The third-order valence-electron chi connectivity index (χ3n) is 3.10. The van der Waals surface area contributed by atoms with Crippen molar-refractivity contribution in [2.24, 2.45) is 5.73 Å². The van der Waals surface area contributed by atoms with E-state index in [4.69, 9.17) is 10.8 Å². The van der Waals surface area contributed by atoms with Crippen molar-refractivity contribution >= 4 is 18.4 Å². The predicted molar refractivity (Wildman–Crippen MR) is 60.1 cm³/mol. The van der Waals surface area contributed by atoms with Crippen LogP contribution in [-0.4, -0.2) is 17.1 Å². The molecule has 1 saturated carbocycles. The Hall–Kier alpha value is -1.20. The van der Waals surface area contributed by atoms with E-state index in [9.17, 15) is 13.6 Å². The number of benzene rings is 1. The molecular weight excluding hydrogens is 252 g/mol. The van der Waals surface area contributed by atoms with E-state index in [2.05, 4.69) is 0 Å². The van der Waals surface area contributed by atoms with Gasteiger partial charge < -0.3 is 10.8 Å². The zero-order valence-electron chi connectivity index (χ0n) is 8.82. The highest BCUT2D eigenvalue weighted by Gasteiger charge is 2.52. The minimum Gasteiger partial charge on any atom is -0.481 e. The summed E-state index contributed by atoms with van der Waals surface area (Å²) in [4.78, 5) is 11.2. The van der Waals surface area contributed by atoms with Crippen LogP contribution in [0.4, 0.5) is 8.78 Å². The molecule has 0 spiro atoms. The first-order chi connectivity index (χ1) is 7.47. The molecule has 1 aliphatic carbocycles. The van der Waals surface area contributed by atoms with Gasteiger partial charge in [-0.1, -0.05) is 12.1 Å². The third-order valence-corrected chi connectivity index (χ3v) is 3.10. The second kappa shape index (κ2) is 4.58. The molecule has 0 radical (unpaired) electrons. The summed E-state index contributed by atoms with van der Waals surface area (Å²) in [6.45, 7) is 0. The van der Waals surface area contributed by atoms with Gasteiger partial charge >= 0.3 is 5.97 Å². The molecule has 2 rings (SSSR count). The molecule has 94 valence electrons. The van der Waals surface area contributed by atoms with E-state index >= 15 is 0 Å². The van der Waals surface area contributed by atoms with Crippen LogP contribution in [0.15, 0.2) is 18.2 Å². The number of hydrogen-bond acceptors (Lipinski definition) is 2. The van der Waals surface area contributed by atoms with Gasteiger partial charge in [0.2, 0.25) is 0 Å². The quantitative estimate of drug-likeness (QED) is 0.856. The Balaban J connectivity index is 0.00000144. The van der Waals surface area contributed by atoms with Gasteiger partial charge in [-0.3, -0.25) is 4.79 Å². The van der Waals surface area contributed by atoms with Gasteiger partial charge in [0.25, 0.3) is 0 Å². The molecule has 1 aromatic rings. The summed E-state index contributed by atoms with van der Waals surface area (Å²) in [5.74, 6) is -3.27. The molecule has 6 heteroatoms. The molecule has 0 unspecified atom stereocenters. The van der Waals surface area contributed by atoms with Gasteiger partial charge in [-0.15, -0.1) is 12.4 Å². The van der Waals surface area contributed by atoms with Crippen molar-refractivity contribution in [2.45, 2.75) is 24.3 Å². The van der Waals surface area contributed by atoms with Crippen LogP contribution in [-0.2, 0) is 10.2 Å². The van der Waals surface area contributed by atoms with Gasteiger partial charge in [0.05, 0.1) is 5.41 Å². The minimum absolute atomic E-state index is 0. The number of aliphatic carboxylic acids is 1. The highest BCUT2D eigenvalue weighted by Crippen LogP contribution is 2.44. The van der Waals surface area contributed by atoms with Gasteiger partial charge in [-0.05, 0) is 18.9 Å². The van der Waals surface area contributed by atoms with E-state index < -0.39 is 23.0 Å². The second-order valence-electron chi connectivity index (χ2n) is 4.16. The number of halogens is 3. The lowest BCUT2D eigenvalue weighted by molar-refractivity contribution is -0.148. The van der Waals surface area contributed by atoms with E-state index in [0.29, 0.717) is 0 Å². The number of rotatable bonds is 2. The number of hydrogen-bond donors (Lipinski definition) is 2. The maximum Gasteiger partial charge on any atom is 0.314 e. The smallest absolute Gasteiger partial charge is 0.314 e. The summed E-state index contributed by atoms with van der Waals surface area (Å²) in [6.07, 6.45) is 0.283. The minimum atomic E-state index is -1.36. The molecule has 0 atom stereocenters. The van der Waals surface area contributed by atoms with Gasteiger partial charge in [0, 0.05) is 11.6 Å². The Kier molecular flexibility index (Phi) is 3.74. The zero-order valence-corrected chi connectivity index (χ0v) is 9.64. The van der Waals surface area contributed by atoms with Crippen LogP contribution in [0.3, 0.4) is 0 Å². The zero-order chi connectivity index (χ0) is 11.9. The predicted octanol–water partition coefficient (Wildman–Crippen LogP) is 1.83. The van der Waals surface area contributed by atoms with E-state index in [-0.39, 0.29) is 36.9 Å². The molecule has 1 fully saturated rings. The fourth-order valence-electron chi connectivity index (χ4n) is 2.22. The Morgan fingerprint density at radius 3 is 2.47 bits per heavy atom. The molecular formula is C11H12ClF2NO2. The fourth-order valence-corrected chi connectivity index (χ4v) is 2.22. The highest BCUT2D eigenvalue weighted by molar-refractivity contribution is 5.85. The topological polar surface area (TPSA) is 63.3 Å². The highest BCUT2D eigenvalue weighted by atomic mass is 35.5. The Morgan fingerprint density at radius 2 is 2.00 bits per heavy atom. The molecule has 0 aliphatic heterocycles. The lowest BCUT2D eigenvalue weighted by Gasteiger charge is -2.43. The Bertz CT molecular complexity index is 447. The normalized spacial score (nSPS) is 26.9. The van der Waals surface area contributed by atoms with Crippen LogP contribution in [0, 0.1) is 11.6 Å². The number of carboxylic acids is 1. The van der Waals surface area contributed by atoms with Crippen molar-refractivity contribution in [3.63, 3.8) is 0 Å². The summed E-state index contributed by atoms with van der Waals surface area (Å²) in [5.41, 5.74) is 4.07. The van der Waals surface area contributed by atoms with Crippen molar-refractivity contribution in [2.75, 3.05) is 0 Å². The maximum atomic E-state index is 13.5. The summed E-state index contributed by atoms with van der Waals surface area (Å²) in [6, 6.07) is 3.31. The van der Waals surface area contributed by atoms with E-state index in [1.54, 1.807) is 0 Å². The van der Waals surface area contributed by atoms with Crippen LogP contribution in [0.25, 0.3) is 0 Å². The molecule has 3 N–H and O–H groups in total. The summed E-state index contributed by atoms with van der Waals surface area (Å²) >= 11 is 0. The van der Waals surface area contributed by atoms with E-state index in [0.717, 1.165) is 6.07 Å². The monoisotopic (exact) mass is 263 g/mol. The third kappa shape index (κ3) is 2.00. The first-order valence-electron chi connectivity index (χ1n) is 4.91. The molecule has 0 aromatic heterocycles. The molecule has 3 nitrogen and oxygen atoms in total. The molecule has 0 saturated heterocycles. The maximum absolute atomic E-state index is 13.5. The molecule has 17 heavy (non-hydrogen) atoms. The first kappa shape index (κ1) is 13.9. The lowest BCUT2D eigenvalue weighted by Crippen LogP contribution is -2.54. The Labute approximate surface area is 103 Å². The van der Waals surface area contributed by atoms with E-state index in [1.165, 1.54) is 12.1 Å². The lowest BCUT2D eigenvalue weighted by atomic mass is 9.61. The number of carboxylic acid groups (broad SMARTS) is 1. The van der Waals surface area contributed by atoms with Crippen molar-refractivity contribution in [3.8, 4) is 0 Å². The first-order valence-corrected chi connectivity index (χ1v) is 4.91. The van der Waals surface area contributed by atoms with Crippen molar-refractivity contribution in [1.82, 2.24) is 0 Å². The van der Waals surface area contributed by atoms with Gasteiger partial charge in [-0.25, -0.2) is 8.78 Å². The SMILES string of the molecule is Cl.NC1CC(C(=O)O)(c2cccc(F)c2F)C1. The average molecular weight is 264 g/mol. The number of carbonyl (C=O) groups is 1. The molecule has 1 aromatic carbocycles. The Morgan fingerprint density at radius 1 is 1.41 bits per heavy atom. The van der Waals surface area contributed by atoms with Crippen LogP contribution < -0.4 is 5.73 Å². The van der Waals surface area contributed by atoms with Crippen molar-refractivity contribution in [3.05, 3.63) is 35.4 Å². The summed E-state index contributed by atoms with van der Waals surface area (Å²) < 4.78 is 26.6. The van der Waals surface area contributed by atoms with Crippen LogP contribution in [0.5, 0.6) is 0 Å². The van der Waals surface area contributed by atoms with Crippen LogP contribution >= 0.6 is 12.4 Å².